The van der Waals surface area contributed by atoms with Crippen LogP contribution >= 0.6 is 0 Å². The van der Waals surface area contributed by atoms with E-state index in [9.17, 15) is 4.79 Å². The Morgan fingerprint density at radius 1 is 1.44 bits per heavy atom. The summed E-state index contributed by atoms with van der Waals surface area (Å²) in [7, 11) is 0. The summed E-state index contributed by atoms with van der Waals surface area (Å²) in [5, 5.41) is 9.94. The van der Waals surface area contributed by atoms with E-state index in [1.807, 2.05) is 19.9 Å². The summed E-state index contributed by atoms with van der Waals surface area (Å²) >= 11 is 0. The molecule has 0 fully saturated rings. The second-order valence-corrected chi connectivity index (χ2v) is 3.90. The molecule has 2 aromatic rings. The zero-order valence-electron chi connectivity index (χ0n) is 9.20. The van der Waals surface area contributed by atoms with Gasteiger partial charge < -0.3 is 9.52 Å². The predicted molar refractivity (Wildman–Crippen MR) is 62.6 cm³/mol. The van der Waals surface area contributed by atoms with E-state index in [1.165, 1.54) is 0 Å². The van der Waals surface area contributed by atoms with Gasteiger partial charge in [-0.25, -0.2) is 4.79 Å². The van der Waals surface area contributed by atoms with Gasteiger partial charge in [0.05, 0.1) is 6.26 Å². The quantitative estimate of drug-likeness (QED) is 0.836. The summed E-state index contributed by atoms with van der Waals surface area (Å²) in [5.41, 5.74) is 3.21. The number of carbonyl (C=O) groups is 1. The van der Waals surface area contributed by atoms with Gasteiger partial charge in [-0.1, -0.05) is 12.2 Å². The summed E-state index contributed by atoms with van der Waals surface area (Å²) in [6.07, 6.45) is 1.57. The Bertz CT molecular complexity index is 590. The number of fused-ring (bicyclic) bond motifs is 1. The first kappa shape index (κ1) is 10.5. The number of rotatable bonds is 2. The van der Waals surface area contributed by atoms with E-state index >= 15 is 0 Å². The molecule has 1 aromatic carbocycles. The van der Waals surface area contributed by atoms with Gasteiger partial charge in [0.1, 0.15) is 11.1 Å². The molecule has 3 heteroatoms. The van der Waals surface area contributed by atoms with Gasteiger partial charge >= 0.3 is 5.97 Å². The molecule has 1 heterocycles. The van der Waals surface area contributed by atoms with Crippen LogP contribution in [0, 0.1) is 6.92 Å². The normalized spacial score (nSPS) is 10.6. The molecule has 0 radical (unpaired) electrons. The van der Waals surface area contributed by atoms with Crippen LogP contribution in [-0.2, 0) is 0 Å². The highest BCUT2D eigenvalue weighted by molar-refractivity contribution is 6.03. The zero-order valence-corrected chi connectivity index (χ0v) is 9.20. The molecule has 0 amide bonds. The van der Waals surface area contributed by atoms with Crippen LogP contribution in [0.25, 0.3) is 16.5 Å². The summed E-state index contributed by atoms with van der Waals surface area (Å²) in [5.74, 6) is -0.984. The summed E-state index contributed by atoms with van der Waals surface area (Å²) in [4.78, 5) is 11.1. The molecular formula is C13H12O3. The van der Waals surface area contributed by atoms with Gasteiger partial charge in [0, 0.05) is 5.39 Å². The Kier molecular flexibility index (Phi) is 2.31. The monoisotopic (exact) mass is 216 g/mol. The van der Waals surface area contributed by atoms with E-state index in [1.54, 1.807) is 12.3 Å². The molecule has 2 rings (SSSR count). The molecule has 0 bridgehead atoms. The molecule has 0 atom stereocenters. The van der Waals surface area contributed by atoms with Crippen molar-refractivity contribution in [1.82, 2.24) is 0 Å². The number of benzene rings is 1. The lowest BCUT2D eigenvalue weighted by Crippen LogP contribution is -1.98. The zero-order chi connectivity index (χ0) is 11.9. The maximum Gasteiger partial charge on any atom is 0.339 e. The minimum atomic E-state index is -0.984. The van der Waals surface area contributed by atoms with E-state index in [-0.39, 0.29) is 5.56 Å². The van der Waals surface area contributed by atoms with Gasteiger partial charge in [-0.3, -0.25) is 0 Å². The van der Waals surface area contributed by atoms with E-state index in [0.29, 0.717) is 5.58 Å². The molecule has 1 aromatic heterocycles. The Labute approximate surface area is 93.0 Å². The molecule has 0 aliphatic heterocycles. The standard InChI is InChI=1S/C13H12O3/c1-7(2)9-4-10-8(3)6-16-12(10)11(5-9)13(14)15/h4-6H,1H2,2-3H3,(H,14,15). The van der Waals surface area contributed by atoms with Crippen molar-refractivity contribution in [2.45, 2.75) is 13.8 Å². The fourth-order valence-corrected chi connectivity index (χ4v) is 1.66. The van der Waals surface area contributed by atoms with Crippen LogP contribution in [0.2, 0.25) is 0 Å². The number of carboxylic acids is 1. The average molecular weight is 216 g/mol. The van der Waals surface area contributed by atoms with Crippen molar-refractivity contribution in [3.63, 3.8) is 0 Å². The SMILES string of the molecule is C=C(C)c1cc(C(=O)O)c2occ(C)c2c1. The van der Waals surface area contributed by atoms with Crippen LogP contribution in [0.3, 0.4) is 0 Å². The van der Waals surface area contributed by atoms with Gasteiger partial charge in [0.15, 0.2) is 0 Å². The van der Waals surface area contributed by atoms with Crippen LogP contribution < -0.4 is 0 Å². The van der Waals surface area contributed by atoms with Crippen molar-refractivity contribution in [2.24, 2.45) is 0 Å². The summed E-state index contributed by atoms with van der Waals surface area (Å²) < 4.78 is 5.27. The molecule has 16 heavy (non-hydrogen) atoms. The number of hydrogen-bond donors (Lipinski definition) is 1. The Balaban J connectivity index is 2.86. The second-order valence-electron chi connectivity index (χ2n) is 3.90. The molecule has 3 nitrogen and oxygen atoms in total. The number of furan rings is 1. The highest BCUT2D eigenvalue weighted by Crippen LogP contribution is 2.28. The van der Waals surface area contributed by atoms with Crippen LogP contribution in [0.1, 0.15) is 28.4 Å². The van der Waals surface area contributed by atoms with Crippen molar-refractivity contribution in [2.75, 3.05) is 0 Å². The summed E-state index contributed by atoms with van der Waals surface area (Å²) in [6.45, 7) is 7.56. The largest absolute Gasteiger partial charge is 0.478 e. The lowest BCUT2D eigenvalue weighted by Gasteiger charge is -2.03. The van der Waals surface area contributed by atoms with Gasteiger partial charge in [-0.15, -0.1) is 0 Å². The van der Waals surface area contributed by atoms with E-state index in [0.717, 1.165) is 22.1 Å². The molecule has 0 saturated heterocycles. The second kappa shape index (κ2) is 3.52. The highest BCUT2D eigenvalue weighted by atomic mass is 16.4. The molecule has 0 aliphatic rings. The smallest absolute Gasteiger partial charge is 0.339 e. The molecule has 82 valence electrons. The number of aromatic carboxylic acids is 1. The van der Waals surface area contributed by atoms with Crippen LogP contribution in [0.5, 0.6) is 0 Å². The minimum Gasteiger partial charge on any atom is -0.478 e. The number of carboxylic acid groups (broad SMARTS) is 1. The lowest BCUT2D eigenvalue weighted by molar-refractivity contribution is 0.0698. The third-order valence-electron chi connectivity index (χ3n) is 2.59. The Morgan fingerprint density at radius 2 is 2.12 bits per heavy atom. The molecule has 0 unspecified atom stereocenters. The molecular weight excluding hydrogens is 204 g/mol. The van der Waals surface area contributed by atoms with E-state index in [4.69, 9.17) is 9.52 Å². The molecule has 0 spiro atoms. The Morgan fingerprint density at radius 3 is 2.69 bits per heavy atom. The van der Waals surface area contributed by atoms with Crippen molar-refractivity contribution >= 4 is 22.5 Å². The summed E-state index contributed by atoms with van der Waals surface area (Å²) in [6, 6.07) is 3.50. The maximum absolute atomic E-state index is 11.1. The first-order valence-corrected chi connectivity index (χ1v) is 4.91. The van der Waals surface area contributed by atoms with Crippen molar-refractivity contribution in [3.8, 4) is 0 Å². The number of hydrogen-bond acceptors (Lipinski definition) is 2. The van der Waals surface area contributed by atoms with Crippen molar-refractivity contribution in [1.29, 1.82) is 0 Å². The van der Waals surface area contributed by atoms with E-state index < -0.39 is 5.97 Å². The van der Waals surface area contributed by atoms with Gasteiger partial charge in [0.2, 0.25) is 0 Å². The third-order valence-corrected chi connectivity index (χ3v) is 2.59. The minimum absolute atomic E-state index is 0.184. The van der Waals surface area contributed by atoms with Gasteiger partial charge in [-0.05, 0) is 37.1 Å². The van der Waals surface area contributed by atoms with Crippen molar-refractivity contribution < 1.29 is 14.3 Å². The van der Waals surface area contributed by atoms with Crippen LogP contribution in [0.4, 0.5) is 0 Å². The molecule has 0 aliphatic carbocycles. The Hall–Kier alpha value is -2.03. The number of allylic oxidation sites excluding steroid dienone is 1. The first-order chi connectivity index (χ1) is 7.50. The average Bonchev–Trinajstić information content (AvgIpc) is 2.59. The highest BCUT2D eigenvalue weighted by Gasteiger charge is 2.15. The first-order valence-electron chi connectivity index (χ1n) is 4.91. The topological polar surface area (TPSA) is 50.4 Å². The van der Waals surface area contributed by atoms with Gasteiger partial charge in [-0.2, -0.15) is 0 Å². The lowest BCUT2D eigenvalue weighted by atomic mass is 10.0. The fraction of sp³-hybridized carbons (Fsp3) is 0.154. The van der Waals surface area contributed by atoms with Gasteiger partial charge in [0.25, 0.3) is 0 Å². The van der Waals surface area contributed by atoms with Crippen LogP contribution in [0.15, 0.2) is 29.4 Å². The third kappa shape index (κ3) is 1.50. The molecule has 0 saturated carbocycles. The maximum atomic E-state index is 11.1. The van der Waals surface area contributed by atoms with Crippen LogP contribution in [-0.4, -0.2) is 11.1 Å². The van der Waals surface area contributed by atoms with Crippen molar-refractivity contribution in [3.05, 3.63) is 41.7 Å². The van der Waals surface area contributed by atoms with E-state index in [2.05, 4.69) is 6.58 Å². The fourth-order valence-electron chi connectivity index (χ4n) is 1.66. The number of aryl methyl sites for hydroxylation is 1. The predicted octanol–water partition coefficient (Wildman–Crippen LogP) is 3.47. The molecule has 1 N–H and O–H groups in total.